The third-order valence-corrected chi connectivity index (χ3v) is 3.83. The minimum Gasteiger partial charge on any atom is -0.377 e. The number of nitrogens with one attached hydrogen (secondary N) is 1. The SMILES string of the molecule is O=C(CC1=CCOCC1)Nc1ccc2c(c1)CCC2. The van der Waals surface area contributed by atoms with Gasteiger partial charge < -0.3 is 10.1 Å². The van der Waals surface area contributed by atoms with E-state index in [0.717, 1.165) is 25.1 Å². The number of ether oxygens (including phenoxy) is 1. The highest BCUT2D eigenvalue weighted by molar-refractivity contribution is 5.92. The molecular weight excluding hydrogens is 238 g/mol. The molecule has 1 aliphatic heterocycles. The normalized spacial score (nSPS) is 17.8. The van der Waals surface area contributed by atoms with Crippen LogP contribution in [0.3, 0.4) is 0 Å². The summed E-state index contributed by atoms with van der Waals surface area (Å²) in [6.45, 7) is 1.37. The largest absolute Gasteiger partial charge is 0.377 e. The van der Waals surface area contributed by atoms with Gasteiger partial charge in [-0.3, -0.25) is 4.79 Å². The monoisotopic (exact) mass is 257 g/mol. The summed E-state index contributed by atoms with van der Waals surface area (Å²) in [6, 6.07) is 6.28. The van der Waals surface area contributed by atoms with Crippen LogP contribution in [0.25, 0.3) is 0 Å². The molecule has 100 valence electrons. The number of aryl methyl sites for hydroxylation is 2. The van der Waals surface area contributed by atoms with Crippen molar-refractivity contribution in [2.75, 3.05) is 18.5 Å². The molecule has 1 heterocycles. The fourth-order valence-corrected chi connectivity index (χ4v) is 2.79. The molecule has 2 aliphatic rings. The Bertz CT molecular complexity index is 519. The van der Waals surface area contributed by atoms with Gasteiger partial charge in [-0.2, -0.15) is 0 Å². The second-order valence-electron chi connectivity index (χ2n) is 5.25. The summed E-state index contributed by atoms with van der Waals surface area (Å²) in [4.78, 5) is 12.0. The van der Waals surface area contributed by atoms with Crippen molar-refractivity contribution in [1.82, 2.24) is 0 Å². The molecule has 0 saturated carbocycles. The first-order valence-electron chi connectivity index (χ1n) is 6.98. The van der Waals surface area contributed by atoms with Gasteiger partial charge in [0, 0.05) is 12.1 Å². The number of hydrogen-bond acceptors (Lipinski definition) is 2. The molecule has 0 saturated heterocycles. The first kappa shape index (κ1) is 12.4. The number of anilines is 1. The number of benzene rings is 1. The molecule has 3 nitrogen and oxygen atoms in total. The highest BCUT2D eigenvalue weighted by Gasteiger charge is 2.13. The third kappa shape index (κ3) is 3.04. The van der Waals surface area contributed by atoms with E-state index in [1.54, 1.807) is 0 Å². The van der Waals surface area contributed by atoms with Crippen molar-refractivity contribution in [3.05, 3.63) is 41.0 Å². The van der Waals surface area contributed by atoms with Crippen molar-refractivity contribution in [2.24, 2.45) is 0 Å². The number of hydrogen-bond donors (Lipinski definition) is 1. The van der Waals surface area contributed by atoms with Crippen molar-refractivity contribution in [2.45, 2.75) is 32.1 Å². The van der Waals surface area contributed by atoms with E-state index in [2.05, 4.69) is 17.4 Å². The molecule has 0 bridgehead atoms. The first-order chi connectivity index (χ1) is 9.31. The minimum absolute atomic E-state index is 0.0751. The van der Waals surface area contributed by atoms with Crippen molar-refractivity contribution >= 4 is 11.6 Å². The van der Waals surface area contributed by atoms with E-state index < -0.39 is 0 Å². The van der Waals surface area contributed by atoms with Crippen LogP contribution in [-0.4, -0.2) is 19.1 Å². The number of rotatable bonds is 3. The van der Waals surface area contributed by atoms with Crippen LogP contribution in [0, 0.1) is 0 Å². The highest BCUT2D eigenvalue weighted by atomic mass is 16.5. The minimum atomic E-state index is 0.0751. The molecule has 3 rings (SSSR count). The van der Waals surface area contributed by atoms with E-state index in [9.17, 15) is 4.79 Å². The first-order valence-corrected chi connectivity index (χ1v) is 6.98. The smallest absolute Gasteiger partial charge is 0.228 e. The lowest BCUT2D eigenvalue weighted by molar-refractivity contribution is -0.115. The van der Waals surface area contributed by atoms with Crippen LogP contribution in [0.15, 0.2) is 29.8 Å². The Morgan fingerprint density at radius 3 is 2.95 bits per heavy atom. The zero-order valence-electron chi connectivity index (χ0n) is 11.1. The summed E-state index contributed by atoms with van der Waals surface area (Å²) in [5, 5.41) is 3.00. The van der Waals surface area contributed by atoms with Crippen LogP contribution in [-0.2, 0) is 22.4 Å². The number of fused-ring (bicyclic) bond motifs is 1. The van der Waals surface area contributed by atoms with E-state index in [1.165, 1.54) is 29.5 Å². The molecule has 3 heteroatoms. The van der Waals surface area contributed by atoms with Crippen LogP contribution < -0.4 is 5.32 Å². The fraction of sp³-hybridized carbons (Fsp3) is 0.438. The van der Waals surface area contributed by atoms with Gasteiger partial charge >= 0.3 is 0 Å². The van der Waals surface area contributed by atoms with Crippen LogP contribution in [0.5, 0.6) is 0 Å². The maximum Gasteiger partial charge on any atom is 0.228 e. The molecule has 0 aromatic heterocycles. The van der Waals surface area contributed by atoms with E-state index in [4.69, 9.17) is 4.74 Å². The Labute approximate surface area is 113 Å². The lowest BCUT2D eigenvalue weighted by Gasteiger charge is -2.13. The second-order valence-corrected chi connectivity index (χ2v) is 5.25. The molecule has 1 N–H and O–H groups in total. The van der Waals surface area contributed by atoms with Crippen LogP contribution in [0.4, 0.5) is 5.69 Å². The molecule has 1 aliphatic carbocycles. The number of carbonyl (C=O) groups excluding carboxylic acids is 1. The molecule has 0 atom stereocenters. The highest BCUT2D eigenvalue weighted by Crippen LogP contribution is 2.25. The molecule has 0 unspecified atom stereocenters. The predicted molar refractivity (Wildman–Crippen MR) is 75.2 cm³/mol. The van der Waals surface area contributed by atoms with Crippen molar-refractivity contribution in [3.8, 4) is 0 Å². The Kier molecular flexibility index (Phi) is 3.65. The quantitative estimate of drug-likeness (QED) is 0.846. The van der Waals surface area contributed by atoms with E-state index in [0.29, 0.717) is 13.0 Å². The van der Waals surface area contributed by atoms with Crippen LogP contribution >= 0.6 is 0 Å². The van der Waals surface area contributed by atoms with E-state index in [1.807, 2.05) is 12.1 Å². The lowest BCUT2D eigenvalue weighted by Crippen LogP contribution is -2.15. The van der Waals surface area contributed by atoms with Gasteiger partial charge in [-0.1, -0.05) is 17.7 Å². The topological polar surface area (TPSA) is 38.3 Å². The Balaban J connectivity index is 1.61. The second kappa shape index (κ2) is 5.57. The third-order valence-electron chi connectivity index (χ3n) is 3.83. The fourth-order valence-electron chi connectivity index (χ4n) is 2.79. The molecule has 0 radical (unpaired) electrons. The Hall–Kier alpha value is -1.61. The molecular formula is C16H19NO2. The van der Waals surface area contributed by atoms with Gasteiger partial charge in [-0.05, 0) is 48.9 Å². The molecule has 0 spiro atoms. The van der Waals surface area contributed by atoms with Crippen molar-refractivity contribution < 1.29 is 9.53 Å². The Morgan fingerprint density at radius 2 is 2.11 bits per heavy atom. The molecule has 0 fully saturated rings. The van der Waals surface area contributed by atoms with Crippen LogP contribution in [0.2, 0.25) is 0 Å². The zero-order chi connectivity index (χ0) is 13.1. The van der Waals surface area contributed by atoms with Gasteiger partial charge in [0.15, 0.2) is 0 Å². The summed E-state index contributed by atoms with van der Waals surface area (Å²) in [5.74, 6) is 0.0751. The van der Waals surface area contributed by atoms with Crippen LogP contribution in [0.1, 0.15) is 30.4 Å². The van der Waals surface area contributed by atoms with Crippen molar-refractivity contribution in [3.63, 3.8) is 0 Å². The van der Waals surface area contributed by atoms with Crippen molar-refractivity contribution in [1.29, 1.82) is 0 Å². The van der Waals surface area contributed by atoms with Gasteiger partial charge in [0.2, 0.25) is 5.91 Å². The summed E-state index contributed by atoms with van der Waals surface area (Å²) in [7, 11) is 0. The standard InChI is InChI=1S/C16H19NO2/c18-16(10-12-6-8-19-9-7-12)17-15-5-4-13-2-1-3-14(13)11-15/h4-6,11H,1-3,7-10H2,(H,17,18). The number of carbonyl (C=O) groups is 1. The van der Waals surface area contributed by atoms with Gasteiger partial charge in [0.25, 0.3) is 0 Å². The summed E-state index contributed by atoms with van der Waals surface area (Å²) >= 11 is 0. The van der Waals surface area contributed by atoms with Gasteiger partial charge in [0.05, 0.1) is 13.2 Å². The molecule has 1 amide bonds. The molecule has 19 heavy (non-hydrogen) atoms. The average molecular weight is 257 g/mol. The van der Waals surface area contributed by atoms with E-state index >= 15 is 0 Å². The van der Waals surface area contributed by atoms with Gasteiger partial charge in [-0.25, -0.2) is 0 Å². The molecule has 1 aromatic rings. The average Bonchev–Trinajstić information content (AvgIpc) is 2.87. The lowest BCUT2D eigenvalue weighted by atomic mass is 10.1. The summed E-state index contributed by atoms with van der Waals surface area (Å²) < 4.78 is 5.24. The maximum atomic E-state index is 12.0. The number of amides is 1. The van der Waals surface area contributed by atoms with Gasteiger partial charge in [-0.15, -0.1) is 0 Å². The summed E-state index contributed by atoms with van der Waals surface area (Å²) in [5.41, 5.74) is 4.94. The molecule has 1 aromatic carbocycles. The summed E-state index contributed by atoms with van der Waals surface area (Å²) in [6.07, 6.45) is 6.93. The zero-order valence-corrected chi connectivity index (χ0v) is 11.1. The Morgan fingerprint density at radius 1 is 1.21 bits per heavy atom. The van der Waals surface area contributed by atoms with E-state index in [-0.39, 0.29) is 5.91 Å². The maximum absolute atomic E-state index is 12.0. The van der Waals surface area contributed by atoms with Gasteiger partial charge in [0.1, 0.15) is 0 Å². The predicted octanol–water partition coefficient (Wildman–Crippen LogP) is 2.85.